The molecular weight excluding hydrogens is 264 g/mol. The maximum Gasteiger partial charge on any atom is 0.233 e. The van der Waals surface area contributed by atoms with Gasteiger partial charge in [-0.3, -0.25) is 9.59 Å². The lowest BCUT2D eigenvalue weighted by atomic mass is 9.99. The number of carbonyl (C=O) groups excluding carboxylic acids is 2. The number of rotatable bonds is 3. The maximum absolute atomic E-state index is 12.3. The highest BCUT2D eigenvalue weighted by atomic mass is 16.3. The van der Waals surface area contributed by atoms with Crippen molar-refractivity contribution in [3.63, 3.8) is 0 Å². The van der Waals surface area contributed by atoms with Crippen LogP contribution in [0.3, 0.4) is 0 Å². The van der Waals surface area contributed by atoms with Crippen molar-refractivity contribution in [1.29, 1.82) is 0 Å². The molecule has 0 radical (unpaired) electrons. The molecule has 0 unspecified atom stereocenters. The highest BCUT2D eigenvalue weighted by Crippen LogP contribution is 2.21. The molecule has 3 aromatic rings. The molecule has 0 bridgehead atoms. The minimum atomic E-state index is -0.531. The third kappa shape index (κ3) is 2.54. The molecule has 0 saturated carbocycles. The van der Waals surface area contributed by atoms with Crippen molar-refractivity contribution in [2.75, 3.05) is 0 Å². The lowest BCUT2D eigenvalue weighted by molar-refractivity contribution is 0.0817. The van der Waals surface area contributed by atoms with Gasteiger partial charge in [-0.1, -0.05) is 48.5 Å². The number of fused-ring (bicyclic) bond motifs is 1. The molecule has 3 aromatic carbocycles. The van der Waals surface area contributed by atoms with Gasteiger partial charge in [-0.2, -0.15) is 0 Å². The van der Waals surface area contributed by atoms with Gasteiger partial charge in [0.1, 0.15) is 5.75 Å². The zero-order valence-corrected chi connectivity index (χ0v) is 11.1. The summed E-state index contributed by atoms with van der Waals surface area (Å²) in [4.78, 5) is 24.4. The van der Waals surface area contributed by atoms with Crippen LogP contribution in [0.2, 0.25) is 0 Å². The Morgan fingerprint density at radius 3 is 2.05 bits per heavy atom. The summed E-state index contributed by atoms with van der Waals surface area (Å²) >= 11 is 0. The Labute approximate surface area is 121 Å². The van der Waals surface area contributed by atoms with Gasteiger partial charge in [0.2, 0.25) is 11.6 Å². The molecule has 21 heavy (non-hydrogen) atoms. The Morgan fingerprint density at radius 2 is 1.29 bits per heavy atom. The summed E-state index contributed by atoms with van der Waals surface area (Å²) in [5.41, 5.74) is 0.732. The molecule has 0 spiro atoms. The van der Waals surface area contributed by atoms with Gasteiger partial charge in [0.15, 0.2) is 0 Å². The molecule has 0 saturated heterocycles. The average Bonchev–Trinajstić information content (AvgIpc) is 2.53. The highest BCUT2D eigenvalue weighted by Gasteiger charge is 2.18. The van der Waals surface area contributed by atoms with Gasteiger partial charge < -0.3 is 5.11 Å². The summed E-state index contributed by atoms with van der Waals surface area (Å²) in [6, 6.07) is 18.4. The predicted octanol–water partition coefficient (Wildman–Crippen LogP) is 3.61. The van der Waals surface area contributed by atoms with Crippen LogP contribution in [0.5, 0.6) is 5.75 Å². The van der Waals surface area contributed by atoms with E-state index in [0.29, 0.717) is 11.1 Å². The minimum Gasteiger partial charge on any atom is -0.508 e. The number of phenols is 1. The van der Waals surface area contributed by atoms with Crippen LogP contribution in [0, 0.1) is 0 Å². The van der Waals surface area contributed by atoms with Crippen molar-refractivity contribution in [2.24, 2.45) is 0 Å². The van der Waals surface area contributed by atoms with Gasteiger partial charge in [-0.05, 0) is 29.0 Å². The number of carbonyl (C=O) groups is 2. The fourth-order valence-corrected chi connectivity index (χ4v) is 2.23. The zero-order chi connectivity index (χ0) is 14.8. The lowest BCUT2D eigenvalue weighted by Crippen LogP contribution is -2.14. The summed E-state index contributed by atoms with van der Waals surface area (Å²) in [6.07, 6.45) is 0. The third-order valence-corrected chi connectivity index (χ3v) is 3.33. The van der Waals surface area contributed by atoms with Gasteiger partial charge in [0.05, 0.1) is 0 Å². The normalized spacial score (nSPS) is 10.5. The smallest absolute Gasteiger partial charge is 0.233 e. The van der Waals surface area contributed by atoms with E-state index < -0.39 is 11.6 Å². The minimum absolute atomic E-state index is 0.168. The first-order chi connectivity index (χ1) is 10.1. The van der Waals surface area contributed by atoms with E-state index in [1.807, 2.05) is 0 Å². The first-order valence-corrected chi connectivity index (χ1v) is 6.52. The lowest BCUT2D eigenvalue weighted by Gasteiger charge is -2.03. The van der Waals surface area contributed by atoms with E-state index in [0.717, 1.165) is 10.8 Å². The number of aromatic hydroxyl groups is 1. The second kappa shape index (κ2) is 5.21. The molecule has 0 atom stereocenters. The summed E-state index contributed by atoms with van der Waals surface area (Å²) in [6.45, 7) is 0. The fraction of sp³-hybridized carbons (Fsp3) is 0. The van der Waals surface area contributed by atoms with Crippen LogP contribution in [0.15, 0.2) is 66.7 Å². The van der Waals surface area contributed by atoms with Crippen molar-refractivity contribution in [3.8, 4) is 5.75 Å². The molecule has 3 heteroatoms. The SMILES string of the molecule is O=C(C(=O)c1ccc2cc(O)ccc2c1)c1ccccc1. The Hall–Kier alpha value is -2.94. The van der Waals surface area contributed by atoms with Crippen LogP contribution in [0.1, 0.15) is 20.7 Å². The van der Waals surface area contributed by atoms with Crippen LogP contribution < -0.4 is 0 Å². The Bertz CT molecular complexity index is 835. The highest BCUT2D eigenvalue weighted by molar-refractivity contribution is 6.49. The van der Waals surface area contributed by atoms with E-state index in [1.54, 1.807) is 66.7 Å². The molecule has 0 aliphatic carbocycles. The fourth-order valence-electron chi connectivity index (χ4n) is 2.23. The molecular formula is C18H12O3. The molecule has 0 aliphatic rings. The summed E-state index contributed by atoms with van der Waals surface area (Å²) in [7, 11) is 0. The molecule has 1 N–H and O–H groups in total. The molecule has 0 fully saturated rings. The average molecular weight is 276 g/mol. The van der Waals surface area contributed by atoms with E-state index in [2.05, 4.69) is 0 Å². The molecule has 3 rings (SSSR count). The second-order valence-electron chi connectivity index (χ2n) is 4.77. The molecule has 102 valence electrons. The van der Waals surface area contributed by atoms with Crippen molar-refractivity contribution >= 4 is 22.3 Å². The number of hydrogen-bond donors (Lipinski definition) is 1. The number of Topliss-reactive ketones (excluding diaryl/α,β-unsaturated/α-hetero) is 2. The van der Waals surface area contributed by atoms with E-state index in [4.69, 9.17) is 0 Å². The van der Waals surface area contributed by atoms with Crippen LogP contribution in [-0.4, -0.2) is 16.7 Å². The van der Waals surface area contributed by atoms with Crippen molar-refractivity contribution in [1.82, 2.24) is 0 Å². The van der Waals surface area contributed by atoms with Crippen LogP contribution in [0.4, 0.5) is 0 Å². The Morgan fingerprint density at radius 1 is 0.667 bits per heavy atom. The Balaban J connectivity index is 1.98. The molecule has 0 heterocycles. The first-order valence-electron chi connectivity index (χ1n) is 6.52. The van der Waals surface area contributed by atoms with Gasteiger partial charge in [-0.25, -0.2) is 0 Å². The topological polar surface area (TPSA) is 54.4 Å². The number of hydrogen-bond acceptors (Lipinski definition) is 3. The third-order valence-electron chi connectivity index (χ3n) is 3.33. The Kier molecular flexibility index (Phi) is 3.24. The van der Waals surface area contributed by atoms with Crippen LogP contribution in [0.25, 0.3) is 10.8 Å². The maximum atomic E-state index is 12.3. The molecule has 0 amide bonds. The van der Waals surface area contributed by atoms with E-state index in [1.165, 1.54) is 0 Å². The van der Waals surface area contributed by atoms with Crippen molar-refractivity contribution in [2.45, 2.75) is 0 Å². The first kappa shape index (κ1) is 13.1. The summed E-state index contributed by atoms with van der Waals surface area (Å²) in [5.74, 6) is -0.883. The summed E-state index contributed by atoms with van der Waals surface area (Å²) in [5, 5.41) is 11.0. The zero-order valence-electron chi connectivity index (χ0n) is 11.1. The quantitative estimate of drug-likeness (QED) is 0.587. The second-order valence-corrected chi connectivity index (χ2v) is 4.77. The summed E-state index contributed by atoms with van der Waals surface area (Å²) < 4.78 is 0. The van der Waals surface area contributed by atoms with Gasteiger partial charge in [-0.15, -0.1) is 0 Å². The van der Waals surface area contributed by atoms with Gasteiger partial charge >= 0.3 is 0 Å². The van der Waals surface area contributed by atoms with E-state index >= 15 is 0 Å². The van der Waals surface area contributed by atoms with Crippen molar-refractivity contribution in [3.05, 3.63) is 77.9 Å². The predicted molar refractivity (Wildman–Crippen MR) is 80.7 cm³/mol. The van der Waals surface area contributed by atoms with Gasteiger partial charge in [0.25, 0.3) is 0 Å². The van der Waals surface area contributed by atoms with Crippen LogP contribution >= 0.6 is 0 Å². The number of benzene rings is 3. The largest absolute Gasteiger partial charge is 0.508 e. The molecule has 0 aromatic heterocycles. The molecule has 0 aliphatic heterocycles. The van der Waals surface area contributed by atoms with Crippen LogP contribution in [-0.2, 0) is 0 Å². The monoisotopic (exact) mass is 276 g/mol. The van der Waals surface area contributed by atoms with E-state index in [-0.39, 0.29) is 5.75 Å². The molecule has 3 nitrogen and oxygen atoms in total. The van der Waals surface area contributed by atoms with E-state index in [9.17, 15) is 14.7 Å². The standard InChI is InChI=1S/C18H12O3/c19-16-9-8-13-10-15(7-6-14(13)11-16)18(21)17(20)12-4-2-1-3-5-12/h1-11,19H. The van der Waals surface area contributed by atoms with Crippen molar-refractivity contribution < 1.29 is 14.7 Å². The number of phenolic OH excluding ortho intramolecular Hbond substituents is 1. The van der Waals surface area contributed by atoms with Gasteiger partial charge in [0, 0.05) is 11.1 Å². The number of ketones is 2.